The van der Waals surface area contributed by atoms with E-state index in [1.165, 1.54) is 13.8 Å². The highest BCUT2D eigenvalue weighted by molar-refractivity contribution is 6.62. The van der Waals surface area contributed by atoms with E-state index in [4.69, 9.17) is 9.39 Å². The molecular formula is C20H28BNO6. The molecule has 1 aromatic rings. The first-order valence-electron chi connectivity index (χ1n) is 9.80. The Bertz CT molecular complexity index is 754. The fourth-order valence-corrected chi connectivity index (χ4v) is 3.95. The summed E-state index contributed by atoms with van der Waals surface area (Å²) >= 11 is 0. The second kappa shape index (κ2) is 8.23. The molecule has 3 N–H and O–H groups in total. The number of carbonyl (C=O) groups is 2. The van der Waals surface area contributed by atoms with Gasteiger partial charge in [-0.05, 0) is 62.2 Å². The Balaban J connectivity index is 1.73. The monoisotopic (exact) mass is 389 g/mol. The largest absolute Gasteiger partial charge is 0.492 e. The lowest BCUT2D eigenvalue weighted by Gasteiger charge is -2.29. The van der Waals surface area contributed by atoms with Gasteiger partial charge in [0.1, 0.15) is 0 Å². The first-order valence-corrected chi connectivity index (χ1v) is 9.80. The van der Waals surface area contributed by atoms with Crippen molar-refractivity contribution in [3.05, 3.63) is 28.8 Å². The number of aliphatic hydroxyl groups is 1. The minimum atomic E-state index is -1.49. The van der Waals surface area contributed by atoms with Crippen molar-refractivity contribution < 1.29 is 29.1 Å². The van der Waals surface area contributed by atoms with Crippen LogP contribution in [0.5, 0.6) is 0 Å². The zero-order valence-electron chi connectivity index (χ0n) is 16.7. The smallest absolute Gasteiger partial charge is 0.464 e. The van der Waals surface area contributed by atoms with Gasteiger partial charge in [-0.15, -0.1) is 0 Å². The Labute approximate surface area is 165 Å². The Morgan fingerprint density at radius 1 is 1.36 bits per heavy atom. The number of hydrogen-bond donors (Lipinski definition) is 3. The van der Waals surface area contributed by atoms with E-state index in [1.54, 1.807) is 19.1 Å². The van der Waals surface area contributed by atoms with E-state index < -0.39 is 30.6 Å². The molecule has 0 bridgehead atoms. The average molecular weight is 389 g/mol. The number of esters is 1. The van der Waals surface area contributed by atoms with Gasteiger partial charge >= 0.3 is 13.1 Å². The van der Waals surface area contributed by atoms with Crippen LogP contribution in [0.1, 0.15) is 61.0 Å². The maximum Gasteiger partial charge on any atom is 0.492 e. The average Bonchev–Trinajstić information content (AvgIpc) is 3.27. The number of carbonyl (C=O) groups excluding carboxylic acids is 2. The van der Waals surface area contributed by atoms with E-state index in [-0.39, 0.29) is 0 Å². The third kappa shape index (κ3) is 4.40. The molecule has 1 aliphatic carbocycles. The van der Waals surface area contributed by atoms with E-state index >= 15 is 0 Å². The molecule has 7 nitrogen and oxygen atoms in total. The van der Waals surface area contributed by atoms with Crippen LogP contribution in [0.2, 0.25) is 0 Å². The van der Waals surface area contributed by atoms with Gasteiger partial charge in [0, 0.05) is 5.56 Å². The third-order valence-corrected chi connectivity index (χ3v) is 5.65. The van der Waals surface area contributed by atoms with Crippen LogP contribution in [-0.2, 0) is 20.8 Å². The zero-order valence-corrected chi connectivity index (χ0v) is 16.7. The number of nitrogens with one attached hydrogen (secondary N) is 1. The minimum absolute atomic E-state index is 0.291. The summed E-state index contributed by atoms with van der Waals surface area (Å²) in [4.78, 5) is 25.4. The standard InChI is InChI=1S/C20H28BNO6/c1-12-15(9-8-14-11-28-21(26)16(12)14)18(23)22-17(20(2,3)25)19(24)27-10-13-6-4-5-7-13/h8-9,13,17,25-26H,4-7,10-11H2,1-3H3,(H,22,23)/t17-/m1/s1. The zero-order chi connectivity index (χ0) is 20.5. The summed E-state index contributed by atoms with van der Waals surface area (Å²) in [5.41, 5.74) is 0.832. The van der Waals surface area contributed by atoms with Gasteiger partial charge < -0.3 is 24.8 Å². The van der Waals surface area contributed by atoms with Crippen LogP contribution in [0.3, 0.4) is 0 Å². The molecule has 28 heavy (non-hydrogen) atoms. The summed E-state index contributed by atoms with van der Waals surface area (Å²) in [6.45, 7) is 5.24. The molecule has 0 spiro atoms. The summed E-state index contributed by atoms with van der Waals surface area (Å²) in [7, 11) is -1.07. The van der Waals surface area contributed by atoms with E-state index in [1.807, 2.05) is 0 Å². The van der Waals surface area contributed by atoms with Crippen LogP contribution in [0.15, 0.2) is 12.1 Å². The topological polar surface area (TPSA) is 105 Å². The van der Waals surface area contributed by atoms with E-state index in [0.29, 0.717) is 35.7 Å². The molecule has 0 aromatic heterocycles. The number of ether oxygens (including phenoxy) is 1. The molecule has 1 aliphatic heterocycles. The molecule has 1 fully saturated rings. The lowest BCUT2D eigenvalue weighted by atomic mass is 9.75. The summed E-state index contributed by atoms with van der Waals surface area (Å²) in [5.74, 6) is -0.804. The summed E-state index contributed by atoms with van der Waals surface area (Å²) < 4.78 is 10.6. The van der Waals surface area contributed by atoms with Crippen molar-refractivity contribution in [2.45, 2.75) is 64.7 Å². The Morgan fingerprint density at radius 3 is 2.68 bits per heavy atom. The first-order chi connectivity index (χ1) is 13.2. The van der Waals surface area contributed by atoms with Crippen LogP contribution in [0, 0.1) is 12.8 Å². The molecular weight excluding hydrogens is 361 g/mol. The third-order valence-electron chi connectivity index (χ3n) is 5.65. The highest BCUT2D eigenvalue weighted by Gasteiger charge is 2.38. The molecule has 2 aliphatic rings. The minimum Gasteiger partial charge on any atom is -0.464 e. The molecule has 8 heteroatoms. The lowest BCUT2D eigenvalue weighted by Crippen LogP contribution is -2.55. The molecule has 1 atom stereocenters. The SMILES string of the molecule is Cc1c(C(=O)N[C@H](C(=O)OCC2CCCC2)C(C)(C)O)ccc2c1B(O)OC2. The maximum atomic E-state index is 12.8. The molecule has 1 aromatic carbocycles. The summed E-state index contributed by atoms with van der Waals surface area (Å²) in [5, 5.41) is 23.0. The fraction of sp³-hybridized carbons (Fsp3) is 0.600. The van der Waals surface area contributed by atoms with Crippen LogP contribution < -0.4 is 10.8 Å². The maximum absolute atomic E-state index is 12.8. The van der Waals surface area contributed by atoms with Crippen molar-refractivity contribution in [2.75, 3.05) is 6.61 Å². The molecule has 152 valence electrons. The van der Waals surface area contributed by atoms with Crippen molar-refractivity contribution >= 4 is 24.5 Å². The van der Waals surface area contributed by atoms with Gasteiger partial charge in [-0.25, -0.2) is 4.79 Å². The molecule has 3 rings (SSSR count). The van der Waals surface area contributed by atoms with Crippen molar-refractivity contribution in [1.82, 2.24) is 5.32 Å². The van der Waals surface area contributed by atoms with Gasteiger partial charge in [0.05, 0.1) is 18.8 Å². The Morgan fingerprint density at radius 2 is 2.04 bits per heavy atom. The number of amides is 1. The van der Waals surface area contributed by atoms with E-state index in [9.17, 15) is 19.7 Å². The number of benzene rings is 1. The van der Waals surface area contributed by atoms with Crippen LogP contribution >= 0.6 is 0 Å². The van der Waals surface area contributed by atoms with Gasteiger partial charge in [0.15, 0.2) is 6.04 Å². The Kier molecular flexibility index (Phi) is 6.12. The van der Waals surface area contributed by atoms with Gasteiger partial charge in [-0.2, -0.15) is 0 Å². The normalized spacial score (nSPS) is 18.1. The highest BCUT2D eigenvalue weighted by Crippen LogP contribution is 2.25. The second-order valence-corrected chi connectivity index (χ2v) is 8.31. The molecule has 1 heterocycles. The Hall–Kier alpha value is -1.90. The van der Waals surface area contributed by atoms with Crippen molar-refractivity contribution in [3.63, 3.8) is 0 Å². The lowest BCUT2D eigenvalue weighted by molar-refractivity contribution is -0.153. The molecule has 0 saturated heterocycles. The van der Waals surface area contributed by atoms with E-state index in [2.05, 4.69) is 5.32 Å². The number of fused-ring (bicyclic) bond motifs is 1. The van der Waals surface area contributed by atoms with Gasteiger partial charge in [-0.3, -0.25) is 4.79 Å². The molecule has 0 unspecified atom stereocenters. The first kappa shape index (κ1) is 20.8. The van der Waals surface area contributed by atoms with Crippen molar-refractivity contribution in [3.8, 4) is 0 Å². The van der Waals surface area contributed by atoms with Crippen molar-refractivity contribution in [2.24, 2.45) is 5.92 Å². The molecule has 1 saturated carbocycles. The van der Waals surface area contributed by atoms with Crippen LogP contribution in [0.25, 0.3) is 0 Å². The number of hydrogen-bond acceptors (Lipinski definition) is 6. The summed E-state index contributed by atoms with van der Waals surface area (Å²) in [6, 6.07) is 2.16. The van der Waals surface area contributed by atoms with Gasteiger partial charge in [-0.1, -0.05) is 18.9 Å². The predicted octanol–water partition coefficient (Wildman–Crippen LogP) is 0.815. The van der Waals surface area contributed by atoms with Gasteiger partial charge in [0.2, 0.25) is 0 Å². The van der Waals surface area contributed by atoms with Gasteiger partial charge in [0.25, 0.3) is 5.91 Å². The van der Waals surface area contributed by atoms with Crippen molar-refractivity contribution in [1.29, 1.82) is 0 Å². The summed E-state index contributed by atoms with van der Waals surface area (Å²) in [6.07, 6.45) is 4.35. The second-order valence-electron chi connectivity index (χ2n) is 8.31. The van der Waals surface area contributed by atoms with Crippen LogP contribution in [0.4, 0.5) is 0 Å². The number of rotatable bonds is 6. The van der Waals surface area contributed by atoms with Crippen LogP contribution in [-0.4, -0.2) is 47.4 Å². The van der Waals surface area contributed by atoms with E-state index in [0.717, 1.165) is 31.2 Å². The highest BCUT2D eigenvalue weighted by atomic mass is 16.5. The fourth-order valence-electron chi connectivity index (χ4n) is 3.95. The molecule has 1 amide bonds. The predicted molar refractivity (Wildman–Crippen MR) is 104 cm³/mol. The quantitative estimate of drug-likeness (QED) is 0.492. The molecule has 0 radical (unpaired) electrons.